The van der Waals surface area contributed by atoms with Gasteiger partial charge in [0.05, 0.1) is 14.2 Å². The van der Waals surface area contributed by atoms with Gasteiger partial charge in [0.1, 0.15) is 17.1 Å². The maximum absolute atomic E-state index is 13.1. The lowest BCUT2D eigenvalue weighted by molar-refractivity contribution is -0.138. The summed E-state index contributed by atoms with van der Waals surface area (Å²) in [5.41, 5.74) is -0.258. The molecule has 1 aliphatic rings. The minimum Gasteiger partial charge on any atom is -0.497 e. The van der Waals surface area contributed by atoms with Crippen molar-refractivity contribution in [3.05, 3.63) is 23.3 Å². The van der Waals surface area contributed by atoms with Gasteiger partial charge in [-0.3, -0.25) is 0 Å². The highest BCUT2D eigenvalue weighted by Crippen LogP contribution is 2.41. The molecule has 1 N–H and O–H groups in total. The number of hydrogen-bond acceptors (Lipinski definition) is 3. The molecule has 20 heavy (non-hydrogen) atoms. The van der Waals surface area contributed by atoms with Crippen LogP contribution in [0, 0.1) is 0 Å². The Morgan fingerprint density at radius 3 is 2.50 bits per heavy atom. The van der Waals surface area contributed by atoms with Gasteiger partial charge in [-0.15, -0.1) is 0 Å². The second kappa shape index (κ2) is 5.91. The van der Waals surface area contributed by atoms with E-state index in [4.69, 9.17) is 9.47 Å². The number of nitrogens with one attached hydrogen (secondary N) is 1. The van der Waals surface area contributed by atoms with Crippen LogP contribution < -0.4 is 14.8 Å². The molecule has 3 nitrogen and oxygen atoms in total. The molecule has 1 aromatic carbocycles. The third-order valence-electron chi connectivity index (χ3n) is 3.51. The fourth-order valence-electron chi connectivity index (χ4n) is 2.58. The third-order valence-corrected chi connectivity index (χ3v) is 3.51. The first-order chi connectivity index (χ1) is 9.45. The zero-order valence-electron chi connectivity index (χ0n) is 11.5. The number of hydrogen-bond donors (Lipinski definition) is 1. The SMILES string of the molecule is COc1cc(CC2CCCN2)c(OC)c(C(F)(F)F)c1. The Balaban J connectivity index is 2.41. The largest absolute Gasteiger partial charge is 0.497 e. The normalized spacial score (nSPS) is 19.1. The molecule has 2 rings (SSSR count). The van der Waals surface area contributed by atoms with E-state index in [0.717, 1.165) is 25.5 Å². The van der Waals surface area contributed by atoms with E-state index in [2.05, 4.69) is 5.32 Å². The van der Waals surface area contributed by atoms with Gasteiger partial charge in [0.25, 0.3) is 0 Å². The molecule has 0 amide bonds. The standard InChI is InChI=1S/C14H18F3NO2/c1-19-11-7-9(6-10-4-3-5-18-10)13(20-2)12(8-11)14(15,16)17/h7-8,10,18H,3-6H2,1-2H3. The fraction of sp³-hybridized carbons (Fsp3) is 0.571. The monoisotopic (exact) mass is 289 g/mol. The first-order valence-electron chi connectivity index (χ1n) is 6.51. The predicted molar refractivity (Wildman–Crippen MR) is 69.3 cm³/mol. The van der Waals surface area contributed by atoms with Crippen LogP contribution in [0.5, 0.6) is 11.5 Å². The molecular weight excluding hydrogens is 271 g/mol. The molecule has 1 fully saturated rings. The maximum atomic E-state index is 13.1. The molecule has 0 saturated carbocycles. The molecule has 0 aromatic heterocycles. The number of halogens is 3. The molecule has 1 atom stereocenters. The minimum absolute atomic E-state index is 0.105. The van der Waals surface area contributed by atoms with Crippen LogP contribution in [0.3, 0.4) is 0 Å². The van der Waals surface area contributed by atoms with Crippen molar-refractivity contribution in [3.8, 4) is 11.5 Å². The summed E-state index contributed by atoms with van der Waals surface area (Å²) in [5.74, 6) is 0.0955. The number of ether oxygens (including phenoxy) is 2. The van der Waals surface area contributed by atoms with E-state index in [1.807, 2.05) is 0 Å². The minimum atomic E-state index is -4.46. The number of benzene rings is 1. The molecule has 1 aromatic rings. The van der Waals surface area contributed by atoms with E-state index >= 15 is 0 Å². The first kappa shape index (κ1) is 15.0. The molecule has 1 unspecified atom stereocenters. The van der Waals surface area contributed by atoms with Gasteiger partial charge in [-0.25, -0.2) is 0 Å². The van der Waals surface area contributed by atoms with Crippen molar-refractivity contribution < 1.29 is 22.6 Å². The van der Waals surface area contributed by atoms with Crippen molar-refractivity contribution in [2.24, 2.45) is 0 Å². The van der Waals surface area contributed by atoms with E-state index in [0.29, 0.717) is 12.0 Å². The lowest BCUT2D eigenvalue weighted by Gasteiger charge is -2.19. The average Bonchev–Trinajstić information content (AvgIpc) is 2.89. The zero-order valence-corrected chi connectivity index (χ0v) is 11.5. The fourth-order valence-corrected chi connectivity index (χ4v) is 2.58. The van der Waals surface area contributed by atoms with Crippen molar-refractivity contribution >= 4 is 0 Å². The Bertz CT molecular complexity index is 468. The summed E-state index contributed by atoms with van der Waals surface area (Å²) in [6.45, 7) is 0.906. The van der Waals surface area contributed by atoms with Gasteiger partial charge in [0.2, 0.25) is 0 Å². The summed E-state index contributed by atoms with van der Waals surface area (Å²) in [6.07, 6.45) is -1.95. The van der Waals surface area contributed by atoms with Crippen LogP contribution in [-0.4, -0.2) is 26.8 Å². The van der Waals surface area contributed by atoms with Gasteiger partial charge in [-0.2, -0.15) is 13.2 Å². The second-order valence-corrected chi connectivity index (χ2v) is 4.86. The molecule has 0 bridgehead atoms. The van der Waals surface area contributed by atoms with Crippen LogP contribution in [0.4, 0.5) is 13.2 Å². The van der Waals surface area contributed by atoms with E-state index in [9.17, 15) is 13.2 Å². The maximum Gasteiger partial charge on any atom is 0.420 e. The number of methoxy groups -OCH3 is 2. The number of rotatable bonds is 4. The van der Waals surface area contributed by atoms with E-state index in [-0.39, 0.29) is 17.5 Å². The predicted octanol–water partition coefficient (Wildman–Crippen LogP) is 3.02. The van der Waals surface area contributed by atoms with Gasteiger partial charge >= 0.3 is 6.18 Å². The highest BCUT2D eigenvalue weighted by molar-refractivity contribution is 5.49. The molecule has 0 aliphatic carbocycles. The quantitative estimate of drug-likeness (QED) is 0.924. The van der Waals surface area contributed by atoms with Crippen LogP contribution >= 0.6 is 0 Å². The average molecular weight is 289 g/mol. The first-order valence-corrected chi connectivity index (χ1v) is 6.51. The van der Waals surface area contributed by atoms with Crippen LogP contribution in [-0.2, 0) is 12.6 Å². The van der Waals surface area contributed by atoms with Crippen molar-refractivity contribution in [1.82, 2.24) is 5.32 Å². The van der Waals surface area contributed by atoms with Crippen LogP contribution in [0.1, 0.15) is 24.0 Å². The lowest BCUT2D eigenvalue weighted by Crippen LogP contribution is -2.24. The van der Waals surface area contributed by atoms with E-state index in [1.165, 1.54) is 14.2 Å². The second-order valence-electron chi connectivity index (χ2n) is 4.86. The Kier molecular flexibility index (Phi) is 4.42. The van der Waals surface area contributed by atoms with Crippen molar-refractivity contribution in [2.75, 3.05) is 20.8 Å². The van der Waals surface area contributed by atoms with Crippen LogP contribution in [0.2, 0.25) is 0 Å². The highest BCUT2D eigenvalue weighted by Gasteiger charge is 2.36. The Labute approximate surface area is 116 Å². The molecule has 1 heterocycles. The molecule has 1 saturated heterocycles. The summed E-state index contributed by atoms with van der Waals surface area (Å²) in [7, 11) is 2.63. The van der Waals surface area contributed by atoms with Crippen LogP contribution in [0.15, 0.2) is 12.1 Å². The highest BCUT2D eigenvalue weighted by atomic mass is 19.4. The molecule has 0 spiro atoms. The van der Waals surface area contributed by atoms with Gasteiger partial charge in [-0.1, -0.05) is 0 Å². The van der Waals surface area contributed by atoms with Gasteiger partial charge in [0.15, 0.2) is 0 Å². The molecule has 112 valence electrons. The number of alkyl halides is 3. The Morgan fingerprint density at radius 2 is 2.00 bits per heavy atom. The Morgan fingerprint density at radius 1 is 1.25 bits per heavy atom. The smallest absolute Gasteiger partial charge is 0.420 e. The third kappa shape index (κ3) is 3.17. The summed E-state index contributed by atoms with van der Waals surface area (Å²) >= 11 is 0. The summed E-state index contributed by atoms with van der Waals surface area (Å²) in [4.78, 5) is 0. The lowest BCUT2D eigenvalue weighted by atomic mass is 10.00. The van der Waals surface area contributed by atoms with Crippen LogP contribution in [0.25, 0.3) is 0 Å². The summed E-state index contributed by atoms with van der Waals surface area (Å²) < 4.78 is 49.3. The Hall–Kier alpha value is -1.43. The molecular formula is C14H18F3NO2. The van der Waals surface area contributed by atoms with E-state index < -0.39 is 11.7 Å². The van der Waals surface area contributed by atoms with Gasteiger partial charge < -0.3 is 14.8 Å². The van der Waals surface area contributed by atoms with Crippen molar-refractivity contribution in [2.45, 2.75) is 31.5 Å². The van der Waals surface area contributed by atoms with Crippen molar-refractivity contribution in [1.29, 1.82) is 0 Å². The summed E-state index contributed by atoms with van der Waals surface area (Å²) in [6, 6.07) is 2.79. The summed E-state index contributed by atoms with van der Waals surface area (Å²) in [5, 5.41) is 3.27. The molecule has 1 aliphatic heterocycles. The zero-order chi connectivity index (χ0) is 14.8. The molecule has 6 heteroatoms. The topological polar surface area (TPSA) is 30.5 Å². The molecule has 0 radical (unpaired) electrons. The van der Waals surface area contributed by atoms with Gasteiger partial charge in [0, 0.05) is 6.04 Å². The van der Waals surface area contributed by atoms with E-state index in [1.54, 1.807) is 6.07 Å². The van der Waals surface area contributed by atoms with Crippen molar-refractivity contribution in [3.63, 3.8) is 0 Å². The van der Waals surface area contributed by atoms with Gasteiger partial charge in [-0.05, 0) is 43.5 Å².